The van der Waals surface area contributed by atoms with Gasteiger partial charge in [0.05, 0.1) is 12.9 Å². The van der Waals surface area contributed by atoms with Crippen LogP contribution in [0.1, 0.15) is 6.23 Å². The second-order valence-corrected chi connectivity index (χ2v) is 7.92. The summed E-state index contributed by atoms with van der Waals surface area (Å²) in [5, 5.41) is 10.3. The second kappa shape index (κ2) is 7.14. The van der Waals surface area contributed by atoms with Crippen LogP contribution in [-0.2, 0) is 22.9 Å². The van der Waals surface area contributed by atoms with Gasteiger partial charge in [-0.2, -0.15) is 0 Å². The zero-order chi connectivity index (χ0) is 20.0. The SMILES string of the molecule is Nc1ncnc2c1ncn2[C@@H]1O[C@H](COP(=O)(O)O)[C@H](O)[C@H]1OP(=O)(O)O. The number of nitrogens with zero attached hydrogens (tertiary/aromatic N) is 4. The molecule has 1 aliphatic rings. The van der Waals surface area contributed by atoms with Crippen molar-refractivity contribution in [3.63, 3.8) is 0 Å². The Morgan fingerprint density at radius 3 is 2.52 bits per heavy atom. The molecule has 7 N–H and O–H groups in total. The smallest absolute Gasteiger partial charge is 0.387 e. The topological polar surface area (TPSA) is 233 Å². The number of fused-ring (bicyclic) bond motifs is 1. The van der Waals surface area contributed by atoms with Crippen LogP contribution in [0.15, 0.2) is 12.7 Å². The monoisotopic (exact) mass is 427 g/mol. The van der Waals surface area contributed by atoms with E-state index >= 15 is 0 Å². The Balaban J connectivity index is 1.95. The van der Waals surface area contributed by atoms with Crippen molar-refractivity contribution in [1.82, 2.24) is 19.5 Å². The Bertz CT molecular complexity index is 926. The first-order chi connectivity index (χ1) is 12.5. The van der Waals surface area contributed by atoms with Gasteiger partial charge in [0.2, 0.25) is 0 Å². The van der Waals surface area contributed by atoms with Crippen molar-refractivity contribution < 1.29 is 47.6 Å². The zero-order valence-corrected chi connectivity index (χ0v) is 15.0. The first-order valence-electron chi connectivity index (χ1n) is 7.17. The van der Waals surface area contributed by atoms with Crippen molar-refractivity contribution in [2.24, 2.45) is 0 Å². The maximum absolute atomic E-state index is 11.3. The van der Waals surface area contributed by atoms with E-state index in [1.165, 1.54) is 10.9 Å². The number of hydrogen-bond donors (Lipinski definition) is 6. The van der Waals surface area contributed by atoms with Gasteiger partial charge in [0.25, 0.3) is 0 Å². The Morgan fingerprint density at radius 2 is 1.89 bits per heavy atom. The number of imidazole rings is 1. The molecule has 17 heteroatoms. The largest absolute Gasteiger partial charge is 0.470 e. The molecule has 2 aromatic rings. The highest BCUT2D eigenvalue weighted by Gasteiger charge is 2.49. The zero-order valence-electron chi connectivity index (χ0n) is 13.2. The van der Waals surface area contributed by atoms with Crippen LogP contribution in [-0.4, -0.2) is 69.1 Å². The van der Waals surface area contributed by atoms with Gasteiger partial charge in [-0.3, -0.25) is 13.6 Å². The molecule has 0 aromatic carbocycles. The quantitative estimate of drug-likeness (QED) is 0.281. The Kier molecular flexibility index (Phi) is 5.35. The predicted octanol–water partition coefficient (Wildman–Crippen LogP) is -1.75. The molecular formula is C10H15N5O10P2. The average Bonchev–Trinajstić information content (AvgIpc) is 3.07. The van der Waals surface area contributed by atoms with E-state index < -0.39 is 46.8 Å². The first-order valence-corrected chi connectivity index (χ1v) is 10.2. The summed E-state index contributed by atoms with van der Waals surface area (Å²) in [6.45, 7) is -0.771. The van der Waals surface area contributed by atoms with Crippen molar-refractivity contribution in [2.75, 3.05) is 12.3 Å². The van der Waals surface area contributed by atoms with Gasteiger partial charge in [-0.15, -0.1) is 0 Å². The Hall–Kier alpha value is -1.51. The fourth-order valence-corrected chi connectivity index (χ4v) is 3.47. The van der Waals surface area contributed by atoms with E-state index in [1.54, 1.807) is 0 Å². The molecule has 0 radical (unpaired) electrons. The molecule has 0 amide bonds. The second-order valence-electron chi connectivity index (χ2n) is 5.49. The van der Waals surface area contributed by atoms with E-state index in [9.17, 15) is 14.2 Å². The maximum Gasteiger partial charge on any atom is 0.470 e. The predicted molar refractivity (Wildman–Crippen MR) is 84.6 cm³/mol. The van der Waals surface area contributed by atoms with Crippen molar-refractivity contribution in [3.05, 3.63) is 12.7 Å². The summed E-state index contributed by atoms with van der Waals surface area (Å²) < 4.78 is 37.7. The minimum Gasteiger partial charge on any atom is -0.387 e. The molecule has 1 aliphatic heterocycles. The lowest BCUT2D eigenvalue weighted by Gasteiger charge is -2.22. The molecular weight excluding hydrogens is 412 g/mol. The van der Waals surface area contributed by atoms with Crippen LogP contribution in [0.5, 0.6) is 0 Å². The summed E-state index contributed by atoms with van der Waals surface area (Å²) in [5.74, 6) is 0.0335. The number of phosphoric ester groups is 2. The van der Waals surface area contributed by atoms with Crippen LogP contribution in [0, 0.1) is 0 Å². The minimum absolute atomic E-state index is 0.0335. The summed E-state index contributed by atoms with van der Waals surface area (Å²) in [6, 6.07) is 0. The molecule has 0 saturated carbocycles. The number of aliphatic hydroxyl groups is 1. The molecule has 0 spiro atoms. The average molecular weight is 427 g/mol. The highest BCUT2D eigenvalue weighted by molar-refractivity contribution is 7.46. The molecule has 3 rings (SSSR count). The van der Waals surface area contributed by atoms with E-state index in [1.807, 2.05) is 0 Å². The van der Waals surface area contributed by atoms with Crippen LogP contribution in [0.4, 0.5) is 5.82 Å². The fraction of sp³-hybridized carbons (Fsp3) is 0.500. The van der Waals surface area contributed by atoms with Gasteiger partial charge in [-0.25, -0.2) is 24.1 Å². The third-order valence-corrected chi connectivity index (χ3v) is 4.64. The van der Waals surface area contributed by atoms with E-state index in [0.717, 1.165) is 6.33 Å². The summed E-state index contributed by atoms with van der Waals surface area (Å²) in [6.07, 6.45) is -3.78. The number of phosphoric acid groups is 2. The van der Waals surface area contributed by atoms with Crippen LogP contribution in [0.25, 0.3) is 11.2 Å². The standard InChI is InChI=1S/C10H15N5O10P2/c11-8-5-9(13-2-12-8)15(3-14-5)10-7(25-27(20,21)22)6(16)4(24-10)1-23-26(17,18)19/h2-4,6-7,10,16H,1H2,(H2,11,12,13)(H2,17,18,19)(H2,20,21,22)/t4-,6+,7-,10-/m1/s1. The first kappa shape index (κ1) is 20.2. The van der Waals surface area contributed by atoms with Gasteiger partial charge in [0, 0.05) is 0 Å². The molecule has 0 bridgehead atoms. The summed E-state index contributed by atoms with van der Waals surface area (Å²) in [4.78, 5) is 47.5. The number of nitrogens with two attached hydrogens (primary N) is 1. The number of ether oxygens (including phenoxy) is 1. The van der Waals surface area contributed by atoms with Gasteiger partial charge in [-0.1, -0.05) is 0 Å². The lowest BCUT2D eigenvalue weighted by molar-refractivity contribution is -0.0498. The molecule has 0 aliphatic carbocycles. The van der Waals surface area contributed by atoms with Crippen molar-refractivity contribution >= 4 is 32.6 Å². The highest BCUT2D eigenvalue weighted by Crippen LogP contribution is 2.46. The minimum atomic E-state index is -5.06. The number of anilines is 1. The van der Waals surface area contributed by atoms with Crippen molar-refractivity contribution in [2.45, 2.75) is 24.5 Å². The normalized spacial score (nSPS) is 26.7. The van der Waals surface area contributed by atoms with Gasteiger partial charge in [0.15, 0.2) is 17.7 Å². The van der Waals surface area contributed by atoms with E-state index in [2.05, 4.69) is 24.0 Å². The van der Waals surface area contributed by atoms with Crippen molar-refractivity contribution in [3.8, 4) is 0 Å². The van der Waals surface area contributed by atoms with Gasteiger partial charge in [-0.05, 0) is 0 Å². The molecule has 4 atom stereocenters. The lowest BCUT2D eigenvalue weighted by atomic mass is 10.1. The van der Waals surface area contributed by atoms with E-state index in [-0.39, 0.29) is 17.0 Å². The van der Waals surface area contributed by atoms with Crippen LogP contribution in [0.3, 0.4) is 0 Å². The molecule has 15 nitrogen and oxygen atoms in total. The van der Waals surface area contributed by atoms with Gasteiger partial charge in [0.1, 0.15) is 30.2 Å². The lowest BCUT2D eigenvalue weighted by Crippen LogP contribution is -2.35. The number of hydrogen-bond acceptors (Lipinski definition) is 10. The number of nitrogen functional groups attached to an aromatic ring is 1. The third-order valence-electron chi connectivity index (χ3n) is 3.64. The number of aromatic nitrogens is 4. The van der Waals surface area contributed by atoms with Crippen molar-refractivity contribution in [1.29, 1.82) is 0 Å². The van der Waals surface area contributed by atoms with E-state index in [0.29, 0.717) is 0 Å². The van der Waals surface area contributed by atoms with Crippen LogP contribution < -0.4 is 5.73 Å². The molecule has 0 unspecified atom stereocenters. The highest BCUT2D eigenvalue weighted by atomic mass is 31.2. The van der Waals surface area contributed by atoms with Crippen LogP contribution >= 0.6 is 15.6 Å². The van der Waals surface area contributed by atoms with Gasteiger partial charge >= 0.3 is 15.6 Å². The molecule has 27 heavy (non-hydrogen) atoms. The molecule has 3 heterocycles. The fourth-order valence-electron chi connectivity index (χ4n) is 2.58. The summed E-state index contributed by atoms with van der Waals surface area (Å²) in [5.41, 5.74) is 5.96. The maximum atomic E-state index is 11.3. The Labute approximate surface area is 150 Å². The number of aliphatic hydroxyl groups excluding tert-OH is 1. The Morgan fingerprint density at radius 1 is 1.19 bits per heavy atom. The number of rotatable bonds is 6. The summed E-state index contributed by atoms with van der Waals surface area (Å²) in [7, 11) is -9.94. The molecule has 2 aromatic heterocycles. The summed E-state index contributed by atoms with van der Waals surface area (Å²) >= 11 is 0. The molecule has 1 saturated heterocycles. The van der Waals surface area contributed by atoms with Gasteiger partial charge < -0.3 is 35.2 Å². The van der Waals surface area contributed by atoms with E-state index in [4.69, 9.17) is 30.0 Å². The molecule has 1 fully saturated rings. The van der Waals surface area contributed by atoms with Crippen LogP contribution in [0.2, 0.25) is 0 Å². The molecule has 150 valence electrons. The third kappa shape index (κ3) is 4.50.